The van der Waals surface area contributed by atoms with Crippen molar-refractivity contribution in [2.45, 2.75) is 18.9 Å². The van der Waals surface area contributed by atoms with Gasteiger partial charge in [-0.25, -0.2) is 4.79 Å². The SMILES string of the molecule is Cn1cccc1C(=O)Nc1ccc(NC(=O)NCC2CCCO2)cc1. The van der Waals surface area contributed by atoms with Crippen molar-refractivity contribution in [3.05, 3.63) is 48.3 Å². The van der Waals surface area contributed by atoms with Crippen LogP contribution in [0.2, 0.25) is 0 Å². The van der Waals surface area contributed by atoms with Gasteiger partial charge in [0, 0.05) is 37.8 Å². The van der Waals surface area contributed by atoms with E-state index < -0.39 is 0 Å². The lowest BCUT2D eigenvalue weighted by Crippen LogP contribution is -2.35. The molecule has 1 aromatic heterocycles. The van der Waals surface area contributed by atoms with Crippen LogP contribution in [0.25, 0.3) is 0 Å². The molecule has 7 nitrogen and oxygen atoms in total. The van der Waals surface area contributed by atoms with Gasteiger partial charge in [0.2, 0.25) is 0 Å². The van der Waals surface area contributed by atoms with Crippen LogP contribution in [0, 0.1) is 0 Å². The molecular formula is C18H22N4O3. The molecule has 0 radical (unpaired) electrons. The molecule has 1 fully saturated rings. The van der Waals surface area contributed by atoms with E-state index in [1.54, 1.807) is 34.9 Å². The number of nitrogens with one attached hydrogen (secondary N) is 3. The van der Waals surface area contributed by atoms with E-state index in [2.05, 4.69) is 16.0 Å². The van der Waals surface area contributed by atoms with Crippen LogP contribution in [-0.2, 0) is 11.8 Å². The zero-order valence-corrected chi connectivity index (χ0v) is 14.1. The van der Waals surface area contributed by atoms with Gasteiger partial charge in [0.15, 0.2) is 0 Å². The van der Waals surface area contributed by atoms with Crippen molar-refractivity contribution in [3.63, 3.8) is 0 Å². The highest BCUT2D eigenvalue weighted by molar-refractivity contribution is 6.03. The van der Waals surface area contributed by atoms with Crippen LogP contribution in [0.1, 0.15) is 23.3 Å². The number of amides is 3. The van der Waals surface area contributed by atoms with E-state index in [-0.39, 0.29) is 18.0 Å². The molecule has 132 valence electrons. The maximum atomic E-state index is 12.1. The lowest BCUT2D eigenvalue weighted by molar-refractivity contribution is 0.101. The Labute approximate surface area is 146 Å². The number of hydrogen-bond acceptors (Lipinski definition) is 3. The number of anilines is 2. The molecule has 0 saturated carbocycles. The Morgan fingerprint density at radius 2 is 1.88 bits per heavy atom. The minimum Gasteiger partial charge on any atom is -0.376 e. The van der Waals surface area contributed by atoms with Gasteiger partial charge in [-0.15, -0.1) is 0 Å². The molecule has 2 heterocycles. The Hall–Kier alpha value is -2.80. The number of hydrogen-bond donors (Lipinski definition) is 3. The molecule has 2 aromatic rings. The number of ether oxygens (including phenoxy) is 1. The van der Waals surface area contributed by atoms with Crippen LogP contribution in [-0.4, -0.2) is 35.8 Å². The molecule has 7 heteroatoms. The van der Waals surface area contributed by atoms with Crippen LogP contribution in [0.15, 0.2) is 42.6 Å². The van der Waals surface area contributed by atoms with Crippen molar-refractivity contribution >= 4 is 23.3 Å². The molecule has 1 aliphatic rings. The van der Waals surface area contributed by atoms with E-state index in [9.17, 15) is 9.59 Å². The van der Waals surface area contributed by atoms with Crippen LogP contribution < -0.4 is 16.0 Å². The van der Waals surface area contributed by atoms with Gasteiger partial charge in [0.05, 0.1) is 6.10 Å². The molecule has 1 aliphatic heterocycles. The second-order valence-corrected chi connectivity index (χ2v) is 6.01. The Bertz CT molecular complexity index is 733. The van der Waals surface area contributed by atoms with E-state index in [4.69, 9.17) is 4.74 Å². The maximum Gasteiger partial charge on any atom is 0.319 e. The zero-order valence-electron chi connectivity index (χ0n) is 14.1. The summed E-state index contributed by atoms with van der Waals surface area (Å²) in [4.78, 5) is 24.0. The smallest absolute Gasteiger partial charge is 0.319 e. The average Bonchev–Trinajstić information content (AvgIpc) is 3.26. The van der Waals surface area contributed by atoms with E-state index in [0.29, 0.717) is 23.6 Å². The highest BCUT2D eigenvalue weighted by Gasteiger charge is 2.16. The summed E-state index contributed by atoms with van der Waals surface area (Å²) in [6, 6.07) is 10.3. The predicted octanol–water partition coefficient (Wildman–Crippen LogP) is 2.58. The highest BCUT2D eigenvalue weighted by Crippen LogP contribution is 2.15. The number of carbonyl (C=O) groups is 2. The number of urea groups is 1. The number of rotatable bonds is 5. The van der Waals surface area contributed by atoms with Crippen LogP contribution in [0.5, 0.6) is 0 Å². The normalized spacial score (nSPS) is 16.4. The molecule has 3 amide bonds. The zero-order chi connectivity index (χ0) is 17.6. The van der Waals surface area contributed by atoms with Crippen LogP contribution in [0.4, 0.5) is 16.2 Å². The Balaban J connectivity index is 1.49. The van der Waals surface area contributed by atoms with Gasteiger partial charge in [-0.1, -0.05) is 0 Å². The average molecular weight is 342 g/mol. The van der Waals surface area contributed by atoms with Gasteiger partial charge in [-0.05, 0) is 49.2 Å². The van der Waals surface area contributed by atoms with Crippen molar-refractivity contribution in [1.29, 1.82) is 0 Å². The summed E-state index contributed by atoms with van der Waals surface area (Å²) in [7, 11) is 1.82. The van der Waals surface area contributed by atoms with Gasteiger partial charge in [-0.2, -0.15) is 0 Å². The molecule has 25 heavy (non-hydrogen) atoms. The Morgan fingerprint density at radius 1 is 1.16 bits per heavy atom. The molecule has 1 saturated heterocycles. The van der Waals surface area contributed by atoms with Gasteiger partial charge in [0.1, 0.15) is 5.69 Å². The summed E-state index contributed by atoms with van der Waals surface area (Å²) in [5.74, 6) is -0.178. The lowest BCUT2D eigenvalue weighted by atomic mass is 10.2. The lowest BCUT2D eigenvalue weighted by Gasteiger charge is -2.12. The third-order valence-electron chi connectivity index (χ3n) is 4.09. The first-order valence-corrected chi connectivity index (χ1v) is 8.31. The maximum absolute atomic E-state index is 12.1. The van der Waals surface area contributed by atoms with Crippen molar-refractivity contribution < 1.29 is 14.3 Å². The van der Waals surface area contributed by atoms with E-state index in [1.165, 1.54) is 0 Å². The third kappa shape index (κ3) is 4.60. The second-order valence-electron chi connectivity index (χ2n) is 6.01. The molecule has 0 bridgehead atoms. The van der Waals surface area contributed by atoms with Gasteiger partial charge < -0.3 is 25.3 Å². The first-order valence-electron chi connectivity index (χ1n) is 8.31. The summed E-state index contributed by atoms with van der Waals surface area (Å²) >= 11 is 0. The van der Waals surface area contributed by atoms with E-state index >= 15 is 0 Å². The van der Waals surface area contributed by atoms with Gasteiger partial charge in [-0.3, -0.25) is 4.79 Å². The minimum atomic E-state index is -0.268. The fraction of sp³-hybridized carbons (Fsp3) is 0.333. The monoisotopic (exact) mass is 342 g/mol. The number of nitrogens with zero attached hydrogens (tertiary/aromatic N) is 1. The largest absolute Gasteiger partial charge is 0.376 e. The quantitative estimate of drug-likeness (QED) is 0.781. The van der Waals surface area contributed by atoms with Gasteiger partial charge in [0.25, 0.3) is 5.91 Å². The standard InChI is InChI=1S/C18H22N4O3/c1-22-10-2-5-16(22)17(23)20-13-6-8-14(9-7-13)21-18(24)19-12-15-4-3-11-25-15/h2,5-10,15H,3-4,11-12H2,1H3,(H,20,23)(H2,19,21,24). The molecule has 3 N–H and O–H groups in total. The number of carbonyl (C=O) groups excluding carboxylic acids is 2. The predicted molar refractivity (Wildman–Crippen MR) is 95.8 cm³/mol. The van der Waals surface area contributed by atoms with Crippen molar-refractivity contribution in [1.82, 2.24) is 9.88 Å². The van der Waals surface area contributed by atoms with E-state index in [1.807, 2.05) is 19.3 Å². The second kappa shape index (κ2) is 7.85. The fourth-order valence-corrected chi connectivity index (χ4v) is 2.72. The fourth-order valence-electron chi connectivity index (χ4n) is 2.72. The molecule has 3 rings (SSSR count). The summed E-state index contributed by atoms with van der Waals surface area (Å²) in [5, 5.41) is 8.38. The molecule has 0 spiro atoms. The number of aromatic nitrogens is 1. The molecule has 1 atom stereocenters. The Morgan fingerprint density at radius 3 is 2.48 bits per heavy atom. The van der Waals surface area contributed by atoms with E-state index in [0.717, 1.165) is 19.4 Å². The molecule has 1 aromatic carbocycles. The molecular weight excluding hydrogens is 320 g/mol. The molecule has 1 unspecified atom stereocenters. The first-order chi connectivity index (χ1) is 12.1. The van der Waals surface area contributed by atoms with Crippen LogP contribution in [0.3, 0.4) is 0 Å². The third-order valence-corrected chi connectivity index (χ3v) is 4.09. The summed E-state index contributed by atoms with van der Waals surface area (Å²) in [6.07, 6.45) is 3.96. The summed E-state index contributed by atoms with van der Waals surface area (Å²) < 4.78 is 7.21. The topological polar surface area (TPSA) is 84.4 Å². The molecule has 0 aliphatic carbocycles. The van der Waals surface area contributed by atoms with Crippen molar-refractivity contribution in [2.24, 2.45) is 7.05 Å². The van der Waals surface area contributed by atoms with Crippen molar-refractivity contribution in [3.8, 4) is 0 Å². The van der Waals surface area contributed by atoms with Crippen molar-refractivity contribution in [2.75, 3.05) is 23.8 Å². The summed E-state index contributed by atoms with van der Waals surface area (Å²) in [5.41, 5.74) is 1.90. The number of aryl methyl sites for hydroxylation is 1. The first kappa shape index (κ1) is 17.0. The minimum absolute atomic E-state index is 0.112. The van der Waals surface area contributed by atoms with Crippen LogP contribution >= 0.6 is 0 Å². The summed E-state index contributed by atoms with van der Waals surface area (Å²) in [6.45, 7) is 1.28. The Kier molecular flexibility index (Phi) is 5.35. The number of benzene rings is 1. The van der Waals surface area contributed by atoms with Gasteiger partial charge >= 0.3 is 6.03 Å². The highest BCUT2D eigenvalue weighted by atomic mass is 16.5.